The molecule has 2 N–H and O–H groups in total. The van der Waals surface area contributed by atoms with Gasteiger partial charge in [0.1, 0.15) is 17.8 Å². The fraction of sp³-hybridized carbons (Fsp3) is 0.926. The lowest BCUT2D eigenvalue weighted by Crippen LogP contribution is -2.58. The van der Waals surface area contributed by atoms with Gasteiger partial charge in [-0.05, 0) is 73.2 Å². The van der Waals surface area contributed by atoms with Crippen molar-refractivity contribution in [2.75, 3.05) is 0 Å². The number of ether oxygens (including phenoxy) is 1. The average Bonchev–Trinajstić information content (AvgIpc) is 3.23. The van der Waals surface area contributed by atoms with Crippen molar-refractivity contribution in [3.05, 3.63) is 11.1 Å². The quantitative estimate of drug-likeness (QED) is 0.460. The zero-order chi connectivity index (χ0) is 21.4. The second kappa shape index (κ2) is 7.32. The molecule has 0 amide bonds. The Balaban J connectivity index is 1.43. The maximum absolute atomic E-state index is 11.4. The molecule has 1 heterocycles. The molecule has 4 aliphatic carbocycles. The molecule has 5 aliphatic rings. The molecule has 0 aromatic rings. The summed E-state index contributed by atoms with van der Waals surface area (Å²) in [7, 11) is 0. The van der Waals surface area contributed by atoms with Crippen LogP contribution in [0.3, 0.4) is 0 Å². The smallest absolute Gasteiger partial charge is 0.118 e. The number of rotatable bonds is 5. The molecule has 0 radical (unpaired) electrons. The minimum Gasteiger partial charge on any atom is -0.393 e. The highest BCUT2D eigenvalue weighted by Crippen LogP contribution is 2.71. The maximum atomic E-state index is 11.4. The first kappa shape index (κ1) is 21.5. The zero-order valence-corrected chi connectivity index (χ0v) is 19.9. The molecule has 0 bridgehead atoms. The number of hydrogen-bond acceptors (Lipinski definition) is 3. The monoisotopic (exact) mass is 416 g/mol. The summed E-state index contributed by atoms with van der Waals surface area (Å²) < 4.78 is 6.34. The van der Waals surface area contributed by atoms with Gasteiger partial charge in [-0.1, -0.05) is 59.5 Å². The summed E-state index contributed by atoms with van der Waals surface area (Å²) in [5.41, 5.74) is 2.84. The predicted octanol–water partition coefficient (Wildman–Crippen LogP) is 5.49. The minimum atomic E-state index is -0.437. The van der Waals surface area contributed by atoms with Crippen molar-refractivity contribution in [2.45, 2.75) is 116 Å². The van der Waals surface area contributed by atoms with E-state index in [0.29, 0.717) is 17.8 Å². The lowest BCUT2D eigenvalue weighted by atomic mass is 9.48. The molecule has 3 saturated carbocycles. The molecule has 3 nitrogen and oxygen atoms in total. The van der Waals surface area contributed by atoms with Gasteiger partial charge in [0.05, 0.1) is 6.10 Å². The Morgan fingerprint density at radius 3 is 2.63 bits per heavy atom. The predicted molar refractivity (Wildman–Crippen MR) is 120 cm³/mol. The zero-order valence-electron chi connectivity index (χ0n) is 19.9. The molecule has 10 atom stereocenters. The molecule has 4 fully saturated rings. The lowest BCUT2D eigenvalue weighted by Gasteiger charge is -2.55. The van der Waals surface area contributed by atoms with E-state index in [4.69, 9.17) is 4.74 Å². The summed E-state index contributed by atoms with van der Waals surface area (Å²) in [6, 6.07) is 0. The van der Waals surface area contributed by atoms with Crippen LogP contribution in [-0.4, -0.2) is 34.1 Å². The summed E-state index contributed by atoms with van der Waals surface area (Å²) in [6.45, 7) is 12.1. The minimum absolute atomic E-state index is 0.0761. The van der Waals surface area contributed by atoms with Crippen molar-refractivity contribution < 1.29 is 14.9 Å². The Hall–Kier alpha value is -0.380. The molecule has 5 rings (SSSR count). The first-order valence-electron chi connectivity index (χ1n) is 13.0. The van der Waals surface area contributed by atoms with Gasteiger partial charge in [0.25, 0.3) is 0 Å². The SMILES string of the molecule is CC(C)CCC[C@@H](C)C1CCC2=C3C(C[C@@H](C)C21)[C@@]1(C)CC[C@H](O)C[C@@]12O[C@H]2[C@H]3O. The molecule has 30 heavy (non-hydrogen) atoms. The van der Waals surface area contributed by atoms with Gasteiger partial charge in [-0.15, -0.1) is 0 Å². The third-order valence-electron chi connectivity index (χ3n) is 10.4. The van der Waals surface area contributed by atoms with Crippen molar-refractivity contribution in [3.8, 4) is 0 Å². The fourth-order valence-electron chi connectivity index (χ4n) is 8.73. The molecular formula is C27H44O3. The van der Waals surface area contributed by atoms with Gasteiger partial charge in [0.2, 0.25) is 0 Å². The second-order valence-electron chi connectivity index (χ2n) is 12.5. The highest BCUT2D eigenvalue weighted by molar-refractivity contribution is 5.41. The topological polar surface area (TPSA) is 53.0 Å². The normalized spacial score (nSPS) is 50.6. The van der Waals surface area contributed by atoms with Gasteiger partial charge in [0.15, 0.2) is 0 Å². The van der Waals surface area contributed by atoms with E-state index in [0.717, 1.165) is 37.0 Å². The summed E-state index contributed by atoms with van der Waals surface area (Å²) in [5, 5.41) is 21.8. The van der Waals surface area contributed by atoms with Crippen molar-refractivity contribution >= 4 is 0 Å². The number of aliphatic hydroxyl groups is 2. The molecule has 3 heteroatoms. The van der Waals surface area contributed by atoms with E-state index in [-0.39, 0.29) is 23.2 Å². The summed E-state index contributed by atoms with van der Waals surface area (Å²) in [4.78, 5) is 0. The maximum Gasteiger partial charge on any atom is 0.118 e. The van der Waals surface area contributed by atoms with Crippen LogP contribution in [-0.2, 0) is 4.74 Å². The third-order valence-corrected chi connectivity index (χ3v) is 10.4. The van der Waals surface area contributed by atoms with Gasteiger partial charge >= 0.3 is 0 Å². The van der Waals surface area contributed by atoms with Crippen LogP contribution < -0.4 is 0 Å². The van der Waals surface area contributed by atoms with E-state index in [9.17, 15) is 10.2 Å². The van der Waals surface area contributed by atoms with Crippen LogP contribution in [0.15, 0.2) is 11.1 Å². The van der Waals surface area contributed by atoms with E-state index >= 15 is 0 Å². The van der Waals surface area contributed by atoms with Crippen LogP contribution in [0.5, 0.6) is 0 Å². The molecule has 0 aromatic heterocycles. The Bertz CT molecular complexity index is 713. The molecule has 1 aliphatic heterocycles. The number of hydrogen-bond donors (Lipinski definition) is 2. The Labute approximate surface area is 183 Å². The number of aliphatic hydroxyl groups excluding tert-OH is 2. The van der Waals surface area contributed by atoms with E-state index in [1.165, 1.54) is 44.1 Å². The van der Waals surface area contributed by atoms with Gasteiger partial charge in [-0.3, -0.25) is 0 Å². The Morgan fingerprint density at radius 2 is 1.90 bits per heavy atom. The third kappa shape index (κ3) is 2.94. The van der Waals surface area contributed by atoms with Crippen LogP contribution in [0, 0.1) is 40.9 Å². The van der Waals surface area contributed by atoms with Crippen LogP contribution >= 0.6 is 0 Å². The first-order valence-corrected chi connectivity index (χ1v) is 13.0. The molecule has 170 valence electrons. The number of allylic oxidation sites excluding steroid dienone is 1. The van der Waals surface area contributed by atoms with Gasteiger partial charge in [-0.25, -0.2) is 0 Å². The van der Waals surface area contributed by atoms with Crippen LogP contribution in [0.1, 0.15) is 92.4 Å². The Kier molecular flexibility index (Phi) is 5.24. The molecule has 0 aromatic carbocycles. The highest BCUT2D eigenvalue weighted by Gasteiger charge is 2.77. The Morgan fingerprint density at radius 1 is 1.13 bits per heavy atom. The van der Waals surface area contributed by atoms with Gasteiger partial charge in [0, 0.05) is 11.8 Å². The molecule has 3 unspecified atom stereocenters. The first-order chi connectivity index (χ1) is 14.2. The van der Waals surface area contributed by atoms with Crippen molar-refractivity contribution in [1.29, 1.82) is 0 Å². The lowest BCUT2D eigenvalue weighted by molar-refractivity contribution is -0.0532. The highest BCUT2D eigenvalue weighted by atomic mass is 16.6. The van der Waals surface area contributed by atoms with Gasteiger partial charge in [-0.2, -0.15) is 0 Å². The standard InChI is InChI=1S/C27H44O3/c1-15(2)7-6-8-16(3)19-9-10-20-22(19)17(4)13-21-23(20)24(29)25-27(30-25)14-18(28)11-12-26(21,27)5/h15-19,21-22,24-25,28-29H,6-14H2,1-5H3/t16-,17-,18+,19?,21?,22?,24+,25+,26-,27+/m1/s1. The molecular weight excluding hydrogens is 372 g/mol. The van der Waals surface area contributed by atoms with Crippen molar-refractivity contribution in [3.63, 3.8) is 0 Å². The summed E-state index contributed by atoms with van der Waals surface area (Å²) >= 11 is 0. The molecule has 1 spiro atoms. The van der Waals surface area contributed by atoms with Crippen LogP contribution in [0.2, 0.25) is 0 Å². The fourth-order valence-corrected chi connectivity index (χ4v) is 8.73. The van der Waals surface area contributed by atoms with E-state index in [1.807, 2.05) is 0 Å². The van der Waals surface area contributed by atoms with Crippen LogP contribution in [0.25, 0.3) is 0 Å². The number of epoxide rings is 1. The van der Waals surface area contributed by atoms with Crippen LogP contribution in [0.4, 0.5) is 0 Å². The second-order valence-corrected chi connectivity index (χ2v) is 12.5. The summed E-state index contributed by atoms with van der Waals surface area (Å²) in [6.07, 6.45) is 9.61. The van der Waals surface area contributed by atoms with Gasteiger partial charge < -0.3 is 14.9 Å². The molecule has 1 saturated heterocycles. The summed E-state index contributed by atoms with van der Waals surface area (Å²) in [5.74, 6) is 4.17. The largest absolute Gasteiger partial charge is 0.393 e. The number of fused-ring (bicyclic) bond motifs is 3. The average molecular weight is 417 g/mol. The van der Waals surface area contributed by atoms with E-state index < -0.39 is 6.10 Å². The van der Waals surface area contributed by atoms with E-state index in [1.54, 1.807) is 5.57 Å². The van der Waals surface area contributed by atoms with Crippen molar-refractivity contribution in [2.24, 2.45) is 40.9 Å². The van der Waals surface area contributed by atoms with E-state index in [2.05, 4.69) is 34.6 Å². The van der Waals surface area contributed by atoms with Crippen molar-refractivity contribution in [1.82, 2.24) is 0 Å².